The predicted octanol–water partition coefficient (Wildman–Crippen LogP) is 3.81. The normalized spacial score (nSPS) is 14.1. The minimum atomic E-state index is -4.26. The van der Waals surface area contributed by atoms with E-state index >= 15 is 0 Å². The van der Waals surface area contributed by atoms with Gasteiger partial charge >= 0.3 is 6.18 Å². The molecule has 0 saturated carbocycles. The van der Waals surface area contributed by atoms with Gasteiger partial charge in [-0.25, -0.2) is 0 Å². The van der Waals surface area contributed by atoms with Crippen LogP contribution in [0.25, 0.3) is 11.0 Å². The summed E-state index contributed by atoms with van der Waals surface area (Å²) in [5.74, 6) is 0.176. The summed E-state index contributed by atoms with van der Waals surface area (Å²) < 4.78 is 41.3. The summed E-state index contributed by atoms with van der Waals surface area (Å²) in [6, 6.07) is 8.60. The first-order chi connectivity index (χ1) is 7.96. The lowest BCUT2D eigenvalue weighted by Crippen LogP contribution is -2.09. The van der Waals surface area contributed by atoms with E-state index in [1.165, 1.54) is 0 Å². The third-order valence-corrected chi connectivity index (χ3v) is 2.47. The Kier molecular flexibility index (Phi) is 3.11. The number of aliphatic hydroxyl groups is 1. The molecule has 17 heavy (non-hydrogen) atoms. The van der Waals surface area contributed by atoms with Crippen LogP contribution in [-0.4, -0.2) is 11.3 Å². The maximum absolute atomic E-state index is 12.0. The molecule has 0 bridgehead atoms. The molecule has 0 fully saturated rings. The lowest BCUT2D eigenvalue weighted by atomic mass is 10.1. The largest absolute Gasteiger partial charge is 0.458 e. The number of furan rings is 1. The van der Waals surface area contributed by atoms with Crippen molar-refractivity contribution in [3.8, 4) is 0 Å². The van der Waals surface area contributed by atoms with Crippen LogP contribution >= 0.6 is 0 Å². The second kappa shape index (κ2) is 4.41. The second-order valence-electron chi connectivity index (χ2n) is 3.86. The monoisotopic (exact) mass is 244 g/mol. The molecule has 1 aromatic heterocycles. The molecule has 0 radical (unpaired) electrons. The Hall–Kier alpha value is -1.49. The third-order valence-electron chi connectivity index (χ3n) is 2.47. The molecular formula is C12H11F3O2. The highest BCUT2D eigenvalue weighted by molar-refractivity contribution is 5.77. The molecule has 2 nitrogen and oxygen atoms in total. The van der Waals surface area contributed by atoms with Crippen LogP contribution in [0.15, 0.2) is 34.7 Å². The smallest absolute Gasteiger partial charge is 0.389 e. The zero-order chi connectivity index (χ0) is 12.5. The van der Waals surface area contributed by atoms with E-state index in [0.29, 0.717) is 5.58 Å². The number of aliphatic hydroxyl groups excluding tert-OH is 1. The number of hydrogen-bond donors (Lipinski definition) is 1. The molecule has 2 rings (SSSR count). The molecule has 1 aromatic carbocycles. The SMILES string of the molecule is OC(CCC(F)(F)F)c1cc2ccccc2o1. The van der Waals surface area contributed by atoms with Gasteiger partial charge in [-0.2, -0.15) is 13.2 Å². The van der Waals surface area contributed by atoms with E-state index in [-0.39, 0.29) is 12.2 Å². The first-order valence-electron chi connectivity index (χ1n) is 5.19. The molecule has 92 valence electrons. The molecule has 5 heteroatoms. The Morgan fingerprint density at radius 2 is 1.94 bits per heavy atom. The number of fused-ring (bicyclic) bond motifs is 1. The van der Waals surface area contributed by atoms with Crippen LogP contribution in [0.1, 0.15) is 24.7 Å². The topological polar surface area (TPSA) is 33.4 Å². The van der Waals surface area contributed by atoms with Gasteiger partial charge in [0.1, 0.15) is 17.4 Å². The Morgan fingerprint density at radius 3 is 2.59 bits per heavy atom. The van der Waals surface area contributed by atoms with Crippen molar-refractivity contribution in [3.05, 3.63) is 36.1 Å². The predicted molar refractivity (Wildman–Crippen MR) is 56.5 cm³/mol. The minimum Gasteiger partial charge on any atom is -0.458 e. The Morgan fingerprint density at radius 1 is 1.24 bits per heavy atom. The van der Waals surface area contributed by atoms with Crippen molar-refractivity contribution in [2.45, 2.75) is 25.1 Å². The average Bonchev–Trinajstić information content (AvgIpc) is 2.68. The van der Waals surface area contributed by atoms with E-state index in [1.54, 1.807) is 30.3 Å². The van der Waals surface area contributed by atoms with E-state index in [2.05, 4.69) is 0 Å². The quantitative estimate of drug-likeness (QED) is 0.890. The maximum Gasteiger partial charge on any atom is 0.389 e. The van der Waals surface area contributed by atoms with Gasteiger partial charge in [-0.05, 0) is 18.6 Å². The molecule has 1 unspecified atom stereocenters. The van der Waals surface area contributed by atoms with Crippen molar-refractivity contribution in [1.29, 1.82) is 0 Å². The van der Waals surface area contributed by atoms with Crippen LogP contribution in [0.4, 0.5) is 13.2 Å². The Labute approximate surface area is 95.7 Å². The fourth-order valence-electron chi connectivity index (χ4n) is 1.61. The van der Waals surface area contributed by atoms with Crippen LogP contribution in [0, 0.1) is 0 Å². The lowest BCUT2D eigenvalue weighted by molar-refractivity contribution is -0.140. The highest BCUT2D eigenvalue weighted by Crippen LogP contribution is 2.30. The van der Waals surface area contributed by atoms with Crippen molar-refractivity contribution in [3.63, 3.8) is 0 Å². The minimum absolute atomic E-state index is 0.176. The van der Waals surface area contributed by atoms with E-state index < -0.39 is 18.7 Å². The number of hydrogen-bond acceptors (Lipinski definition) is 2. The zero-order valence-electron chi connectivity index (χ0n) is 8.87. The van der Waals surface area contributed by atoms with E-state index in [1.807, 2.05) is 0 Å². The molecule has 1 N–H and O–H groups in total. The van der Waals surface area contributed by atoms with Crippen molar-refractivity contribution < 1.29 is 22.7 Å². The van der Waals surface area contributed by atoms with Gasteiger partial charge in [0.05, 0.1) is 0 Å². The van der Waals surface area contributed by atoms with Crippen LogP contribution in [0.5, 0.6) is 0 Å². The molecule has 0 spiro atoms. The molecular weight excluding hydrogens is 233 g/mol. The highest BCUT2D eigenvalue weighted by Gasteiger charge is 2.29. The van der Waals surface area contributed by atoms with Gasteiger partial charge in [0.25, 0.3) is 0 Å². The maximum atomic E-state index is 12.0. The summed E-state index contributed by atoms with van der Waals surface area (Å²) >= 11 is 0. The molecule has 0 saturated heterocycles. The molecule has 0 aliphatic carbocycles. The summed E-state index contributed by atoms with van der Waals surface area (Å²) in [6.07, 6.45) is -6.88. The first kappa shape index (κ1) is 12.0. The Bertz CT molecular complexity index is 469. The number of benzene rings is 1. The third kappa shape index (κ3) is 3.00. The van der Waals surface area contributed by atoms with Gasteiger partial charge in [-0.3, -0.25) is 0 Å². The van der Waals surface area contributed by atoms with Crippen LogP contribution in [0.2, 0.25) is 0 Å². The number of alkyl halides is 3. The van der Waals surface area contributed by atoms with Crippen LogP contribution < -0.4 is 0 Å². The zero-order valence-corrected chi connectivity index (χ0v) is 8.87. The molecule has 0 aliphatic rings. The summed E-state index contributed by atoms with van der Waals surface area (Å²) in [5, 5.41) is 10.4. The number of halogens is 3. The van der Waals surface area contributed by atoms with E-state index in [0.717, 1.165) is 5.39 Å². The molecule has 0 aliphatic heterocycles. The second-order valence-corrected chi connectivity index (χ2v) is 3.86. The highest BCUT2D eigenvalue weighted by atomic mass is 19.4. The molecule has 1 heterocycles. The van der Waals surface area contributed by atoms with E-state index in [9.17, 15) is 18.3 Å². The lowest BCUT2D eigenvalue weighted by Gasteiger charge is -2.09. The summed E-state index contributed by atoms with van der Waals surface area (Å²) in [5.41, 5.74) is 0.563. The van der Waals surface area contributed by atoms with Crippen molar-refractivity contribution in [2.24, 2.45) is 0 Å². The standard InChI is InChI=1S/C12H11F3O2/c13-12(14,15)6-5-9(16)11-7-8-3-1-2-4-10(8)17-11/h1-4,7,9,16H,5-6H2. The Balaban J connectivity index is 2.11. The fraction of sp³-hybridized carbons (Fsp3) is 0.333. The number of para-hydroxylation sites is 1. The van der Waals surface area contributed by atoms with Gasteiger partial charge < -0.3 is 9.52 Å². The van der Waals surface area contributed by atoms with Gasteiger partial charge in [-0.1, -0.05) is 18.2 Å². The van der Waals surface area contributed by atoms with Crippen LogP contribution in [-0.2, 0) is 0 Å². The summed E-state index contributed by atoms with van der Waals surface area (Å²) in [6.45, 7) is 0. The van der Waals surface area contributed by atoms with Crippen molar-refractivity contribution >= 4 is 11.0 Å². The van der Waals surface area contributed by atoms with Gasteiger partial charge in [0.15, 0.2) is 0 Å². The molecule has 2 aromatic rings. The first-order valence-corrected chi connectivity index (χ1v) is 5.19. The van der Waals surface area contributed by atoms with Crippen LogP contribution in [0.3, 0.4) is 0 Å². The van der Waals surface area contributed by atoms with Gasteiger partial charge in [0.2, 0.25) is 0 Å². The fourth-order valence-corrected chi connectivity index (χ4v) is 1.61. The average molecular weight is 244 g/mol. The summed E-state index contributed by atoms with van der Waals surface area (Å²) in [7, 11) is 0. The number of rotatable bonds is 3. The van der Waals surface area contributed by atoms with Crippen molar-refractivity contribution in [2.75, 3.05) is 0 Å². The van der Waals surface area contributed by atoms with Crippen molar-refractivity contribution in [1.82, 2.24) is 0 Å². The van der Waals surface area contributed by atoms with Gasteiger partial charge in [-0.15, -0.1) is 0 Å². The molecule has 0 amide bonds. The summed E-state index contributed by atoms with van der Waals surface area (Å²) in [4.78, 5) is 0. The molecule has 1 atom stereocenters. The van der Waals surface area contributed by atoms with E-state index in [4.69, 9.17) is 4.42 Å². The van der Waals surface area contributed by atoms with Gasteiger partial charge in [0, 0.05) is 11.8 Å².